The van der Waals surface area contributed by atoms with Gasteiger partial charge in [-0.2, -0.15) is 0 Å². The molecule has 1 aliphatic rings. The fraction of sp³-hybridized carbons (Fsp3) is 0.318. The van der Waals surface area contributed by atoms with Gasteiger partial charge in [0.25, 0.3) is 0 Å². The second kappa shape index (κ2) is 9.70. The van der Waals surface area contributed by atoms with Gasteiger partial charge in [-0.3, -0.25) is 4.79 Å². The predicted molar refractivity (Wildman–Crippen MR) is 125 cm³/mol. The highest BCUT2D eigenvalue weighted by Gasteiger charge is 2.38. The summed E-state index contributed by atoms with van der Waals surface area (Å²) in [4.78, 5) is 13.3. The predicted octanol–water partition coefficient (Wildman–Crippen LogP) is 4.30. The van der Waals surface area contributed by atoms with Crippen LogP contribution in [0, 0.1) is 0 Å². The number of ether oxygens (including phenoxy) is 2. The summed E-state index contributed by atoms with van der Waals surface area (Å²) in [6.45, 7) is 2.09. The summed E-state index contributed by atoms with van der Waals surface area (Å²) >= 11 is 7.76. The maximum atomic E-state index is 13.3. The number of nitrogens with one attached hydrogen (secondary N) is 2. The number of anilines is 1. The zero-order valence-electron chi connectivity index (χ0n) is 18.0. The van der Waals surface area contributed by atoms with Gasteiger partial charge in [-0.25, -0.2) is 4.68 Å². The molecule has 168 valence electrons. The first-order valence-electron chi connectivity index (χ1n) is 10.2. The molecule has 2 N–H and O–H groups in total. The van der Waals surface area contributed by atoms with Crippen LogP contribution >= 0.6 is 23.4 Å². The third-order valence-electron chi connectivity index (χ3n) is 5.13. The molecule has 1 amide bonds. The minimum absolute atomic E-state index is 0.157. The number of hydrogen-bond acceptors (Lipinski definition) is 7. The van der Waals surface area contributed by atoms with Crippen LogP contribution < -0.4 is 20.2 Å². The zero-order chi connectivity index (χ0) is 22.7. The molecule has 0 bridgehead atoms. The molecule has 2 atom stereocenters. The molecular formula is C22H24ClN5O3S. The van der Waals surface area contributed by atoms with Crippen molar-refractivity contribution < 1.29 is 14.3 Å². The van der Waals surface area contributed by atoms with E-state index in [-0.39, 0.29) is 11.9 Å². The SMILES string of the molecule is CCCc1nnc2n1NC(c1ccc(OC)c(Cl)c1)C(C(=O)Nc1ccc(OC)cc1)S2. The van der Waals surface area contributed by atoms with E-state index in [0.717, 1.165) is 30.0 Å². The molecule has 2 unspecified atom stereocenters. The first kappa shape index (κ1) is 22.3. The van der Waals surface area contributed by atoms with Crippen molar-refractivity contribution in [1.82, 2.24) is 14.9 Å². The van der Waals surface area contributed by atoms with Crippen LogP contribution in [0.15, 0.2) is 47.6 Å². The molecule has 8 nitrogen and oxygen atoms in total. The summed E-state index contributed by atoms with van der Waals surface area (Å²) < 4.78 is 12.3. The van der Waals surface area contributed by atoms with E-state index in [0.29, 0.717) is 21.6 Å². The van der Waals surface area contributed by atoms with E-state index in [4.69, 9.17) is 21.1 Å². The van der Waals surface area contributed by atoms with Crippen LogP contribution in [0.5, 0.6) is 11.5 Å². The minimum Gasteiger partial charge on any atom is -0.497 e. The van der Waals surface area contributed by atoms with Crippen molar-refractivity contribution in [3.63, 3.8) is 0 Å². The minimum atomic E-state index is -0.507. The van der Waals surface area contributed by atoms with E-state index in [9.17, 15) is 4.79 Å². The Bertz CT molecular complexity index is 1110. The average molecular weight is 474 g/mol. The lowest BCUT2D eigenvalue weighted by molar-refractivity contribution is -0.116. The molecule has 1 aliphatic heterocycles. The first-order chi connectivity index (χ1) is 15.5. The van der Waals surface area contributed by atoms with Crippen LogP contribution in [-0.4, -0.2) is 40.3 Å². The van der Waals surface area contributed by atoms with Gasteiger partial charge in [0.2, 0.25) is 11.1 Å². The Morgan fingerprint density at radius 1 is 1.19 bits per heavy atom. The van der Waals surface area contributed by atoms with E-state index >= 15 is 0 Å². The summed E-state index contributed by atoms with van der Waals surface area (Å²) in [5.74, 6) is 1.97. The number of thioether (sulfide) groups is 1. The van der Waals surface area contributed by atoms with Gasteiger partial charge in [-0.1, -0.05) is 36.4 Å². The van der Waals surface area contributed by atoms with E-state index in [1.165, 1.54) is 11.8 Å². The molecule has 0 aliphatic carbocycles. The van der Waals surface area contributed by atoms with Crippen molar-refractivity contribution in [3.05, 3.63) is 58.9 Å². The molecule has 0 spiro atoms. The van der Waals surface area contributed by atoms with Crippen LogP contribution in [0.2, 0.25) is 5.02 Å². The topological polar surface area (TPSA) is 90.3 Å². The molecule has 2 heterocycles. The van der Waals surface area contributed by atoms with Crippen LogP contribution in [0.3, 0.4) is 0 Å². The monoisotopic (exact) mass is 473 g/mol. The van der Waals surface area contributed by atoms with Crippen molar-refractivity contribution in [2.24, 2.45) is 0 Å². The molecular weight excluding hydrogens is 450 g/mol. The molecule has 0 fully saturated rings. The number of hydrogen-bond donors (Lipinski definition) is 2. The number of nitrogens with zero attached hydrogens (tertiary/aromatic N) is 3. The van der Waals surface area contributed by atoms with Gasteiger partial charge in [0.05, 0.1) is 25.3 Å². The number of fused-ring (bicyclic) bond motifs is 1. The molecule has 32 heavy (non-hydrogen) atoms. The highest BCUT2D eigenvalue weighted by molar-refractivity contribution is 8.00. The first-order valence-corrected chi connectivity index (χ1v) is 11.5. The zero-order valence-corrected chi connectivity index (χ0v) is 19.5. The molecule has 0 radical (unpaired) electrons. The number of aromatic nitrogens is 3. The molecule has 2 aromatic carbocycles. The van der Waals surface area contributed by atoms with Gasteiger partial charge < -0.3 is 20.2 Å². The quantitative estimate of drug-likeness (QED) is 0.528. The Hall–Kier alpha value is -2.91. The lowest BCUT2D eigenvalue weighted by Crippen LogP contribution is -2.41. The number of halogens is 1. The number of amides is 1. The smallest absolute Gasteiger partial charge is 0.240 e. The van der Waals surface area contributed by atoms with Crippen molar-refractivity contribution >= 4 is 35.0 Å². The molecule has 0 saturated heterocycles. The van der Waals surface area contributed by atoms with E-state index < -0.39 is 5.25 Å². The van der Waals surface area contributed by atoms with Crippen LogP contribution in [0.1, 0.15) is 30.8 Å². The second-order valence-electron chi connectivity index (χ2n) is 7.24. The fourth-order valence-electron chi connectivity index (χ4n) is 3.50. The van der Waals surface area contributed by atoms with E-state index in [1.54, 1.807) is 44.6 Å². The second-order valence-corrected chi connectivity index (χ2v) is 8.76. The van der Waals surface area contributed by atoms with Crippen LogP contribution in [0.4, 0.5) is 5.69 Å². The van der Waals surface area contributed by atoms with Crippen LogP contribution in [0.25, 0.3) is 0 Å². The molecule has 3 aromatic rings. The Kier molecular flexibility index (Phi) is 6.76. The molecule has 4 rings (SSSR count). The number of carbonyl (C=O) groups is 1. The number of methoxy groups -OCH3 is 2. The number of carbonyl (C=O) groups excluding carboxylic acids is 1. The maximum Gasteiger partial charge on any atom is 0.240 e. The van der Waals surface area contributed by atoms with Crippen molar-refractivity contribution in [2.45, 2.75) is 36.2 Å². The van der Waals surface area contributed by atoms with Gasteiger partial charge in [-0.15, -0.1) is 10.2 Å². The van der Waals surface area contributed by atoms with E-state index in [2.05, 4.69) is 27.9 Å². The fourth-order valence-corrected chi connectivity index (χ4v) is 4.86. The summed E-state index contributed by atoms with van der Waals surface area (Å²) in [7, 11) is 3.17. The Morgan fingerprint density at radius 3 is 2.62 bits per heavy atom. The van der Waals surface area contributed by atoms with Gasteiger partial charge in [0, 0.05) is 12.1 Å². The van der Waals surface area contributed by atoms with Crippen molar-refractivity contribution in [2.75, 3.05) is 25.0 Å². The van der Waals surface area contributed by atoms with Crippen molar-refractivity contribution in [3.8, 4) is 11.5 Å². The van der Waals surface area contributed by atoms with Crippen LogP contribution in [-0.2, 0) is 11.2 Å². The lowest BCUT2D eigenvalue weighted by Gasteiger charge is -2.33. The number of aryl methyl sites for hydroxylation is 1. The summed E-state index contributed by atoms with van der Waals surface area (Å²) in [5, 5.41) is 12.2. The average Bonchev–Trinajstić information content (AvgIpc) is 3.20. The Morgan fingerprint density at radius 2 is 1.97 bits per heavy atom. The maximum absolute atomic E-state index is 13.3. The lowest BCUT2D eigenvalue weighted by atomic mass is 10.0. The van der Waals surface area contributed by atoms with Crippen molar-refractivity contribution in [1.29, 1.82) is 0 Å². The van der Waals surface area contributed by atoms with Gasteiger partial charge >= 0.3 is 0 Å². The molecule has 10 heteroatoms. The summed E-state index contributed by atoms with van der Waals surface area (Å²) in [6, 6.07) is 12.4. The van der Waals surface area contributed by atoms with Gasteiger partial charge in [0.1, 0.15) is 16.7 Å². The molecule has 1 aromatic heterocycles. The third kappa shape index (κ3) is 4.49. The normalized spacial score (nSPS) is 17.2. The van der Waals surface area contributed by atoms with E-state index in [1.807, 2.05) is 16.8 Å². The molecule has 0 saturated carbocycles. The largest absolute Gasteiger partial charge is 0.497 e. The highest BCUT2D eigenvalue weighted by atomic mass is 35.5. The number of benzene rings is 2. The van der Waals surface area contributed by atoms with Gasteiger partial charge in [-0.05, 0) is 48.4 Å². The standard InChI is InChI=1S/C22H24ClN5O3S/c1-4-5-18-25-26-22-28(18)27-19(13-6-11-17(31-3)16(23)12-13)20(32-22)21(29)24-14-7-9-15(30-2)10-8-14/h6-12,19-20,27H,4-5H2,1-3H3,(H,24,29). The Balaban J connectivity index is 1.66. The summed E-state index contributed by atoms with van der Waals surface area (Å²) in [6.07, 6.45) is 1.71. The third-order valence-corrected chi connectivity index (χ3v) is 6.64. The number of rotatable bonds is 7. The Labute approximate surface area is 195 Å². The van der Waals surface area contributed by atoms with Gasteiger partial charge in [0.15, 0.2) is 5.82 Å². The summed E-state index contributed by atoms with van der Waals surface area (Å²) in [5.41, 5.74) is 4.98. The highest BCUT2D eigenvalue weighted by Crippen LogP contribution is 2.39.